The van der Waals surface area contributed by atoms with Gasteiger partial charge in [-0.2, -0.15) is 13.2 Å². The molecule has 126 valence electrons. The van der Waals surface area contributed by atoms with E-state index in [-0.39, 0.29) is 18.1 Å². The first-order valence-electron chi connectivity index (χ1n) is 6.77. The average molecular weight is 401 g/mol. The number of nitrogens with one attached hydrogen (secondary N) is 2. The molecule has 0 bridgehead atoms. The molecule has 0 aliphatic heterocycles. The van der Waals surface area contributed by atoms with Crippen molar-refractivity contribution in [3.8, 4) is 0 Å². The van der Waals surface area contributed by atoms with Crippen LogP contribution in [0.5, 0.6) is 0 Å². The van der Waals surface area contributed by atoms with Crippen LogP contribution in [0.4, 0.5) is 18.9 Å². The molecule has 2 amide bonds. The van der Waals surface area contributed by atoms with E-state index in [0.29, 0.717) is 15.6 Å². The van der Waals surface area contributed by atoms with Gasteiger partial charge in [-0.15, -0.1) is 0 Å². The van der Waals surface area contributed by atoms with E-state index in [0.717, 1.165) is 0 Å². The van der Waals surface area contributed by atoms with Gasteiger partial charge in [0.25, 0.3) is 5.91 Å². The Labute approximate surface area is 144 Å². The molecule has 2 N–H and O–H groups in total. The van der Waals surface area contributed by atoms with Crippen LogP contribution >= 0.6 is 15.9 Å². The minimum Gasteiger partial charge on any atom is -0.348 e. The number of hydrogen-bond donors (Lipinski definition) is 2. The van der Waals surface area contributed by atoms with E-state index < -0.39 is 12.1 Å². The summed E-state index contributed by atoms with van der Waals surface area (Å²) in [5.41, 5.74) is 1.19. The van der Waals surface area contributed by atoms with Gasteiger partial charge >= 0.3 is 12.1 Å². The summed E-state index contributed by atoms with van der Waals surface area (Å²) < 4.78 is 37.1. The van der Waals surface area contributed by atoms with E-state index in [9.17, 15) is 22.8 Å². The van der Waals surface area contributed by atoms with Gasteiger partial charge < -0.3 is 10.6 Å². The van der Waals surface area contributed by atoms with Crippen molar-refractivity contribution in [3.63, 3.8) is 0 Å². The second-order valence-electron chi connectivity index (χ2n) is 4.81. The number of alkyl halides is 3. The molecule has 2 rings (SSSR count). The van der Waals surface area contributed by atoms with E-state index in [4.69, 9.17) is 0 Å². The Balaban J connectivity index is 1.94. The molecular formula is C16H12BrF3N2O2. The zero-order valence-electron chi connectivity index (χ0n) is 12.2. The molecule has 0 atom stereocenters. The first kappa shape index (κ1) is 18.0. The van der Waals surface area contributed by atoms with Gasteiger partial charge in [-0.05, 0) is 45.8 Å². The van der Waals surface area contributed by atoms with Gasteiger partial charge in [-0.1, -0.05) is 24.3 Å². The lowest BCUT2D eigenvalue weighted by atomic mass is 10.2. The lowest BCUT2D eigenvalue weighted by molar-refractivity contribution is -0.167. The largest absolute Gasteiger partial charge is 0.471 e. The molecule has 4 nitrogen and oxygen atoms in total. The molecule has 0 aromatic heterocycles. The predicted molar refractivity (Wildman–Crippen MR) is 86.4 cm³/mol. The number of anilines is 1. The van der Waals surface area contributed by atoms with Gasteiger partial charge in [0.15, 0.2) is 0 Å². The van der Waals surface area contributed by atoms with Gasteiger partial charge in [-0.25, -0.2) is 0 Å². The summed E-state index contributed by atoms with van der Waals surface area (Å²) >= 11 is 3.28. The van der Waals surface area contributed by atoms with E-state index in [1.54, 1.807) is 29.6 Å². The summed E-state index contributed by atoms with van der Waals surface area (Å²) in [6.45, 7) is 0.202. The average Bonchev–Trinajstić information content (AvgIpc) is 2.53. The van der Waals surface area contributed by atoms with Gasteiger partial charge in [0.2, 0.25) is 0 Å². The van der Waals surface area contributed by atoms with Crippen molar-refractivity contribution < 1.29 is 22.8 Å². The number of carbonyl (C=O) groups is 2. The molecule has 2 aromatic rings. The Morgan fingerprint density at radius 2 is 1.62 bits per heavy atom. The highest BCUT2D eigenvalue weighted by molar-refractivity contribution is 9.10. The number of benzene rings is 2. The lowest BCUT2D eigenvalue weighted by Crippen LogP contribution is -2.29. The third kappa shape index (κ3) is 4.82. The number of amides is 2. The van der Waals surface area contributed by atoms with Crippen LogP contribution < -0.4 is 10.6 Å². The van der Waals surface area contributed by atoms with Crippen molar-refractivity contribution in [1.29, 1.82) is 0 Å². The first-order chi connectivity index (χ1) is 11.3. The number of carbonyl (C=O) groups excluding carboxylic acids is 2. The van der Waals surface area contributed by atoms with Crippen molar-refractivity contribution in [2.75, 3.05) is 5.32 Å². The minimum absolute atomic E-state index is 0.0261. The van der Waals surface area contributed by atoms with Crippen LogP contribution in [0.1, 0.15) is 15.9 Å². The topological polar surface area (TPSA) is 58.2 Å². The minimum atomic E-state index is -4.93. The second-order valence-corrected chi connectivity index (χ2v) is 5.67. The highest BCUT2D eigenvalue weighted by Crippen LogP contribution is 2.19. The van der Waals surface area contributed by atoms with Crippen molar-refractivity contribution >= 4 is 33.4 Å². The van der Waals surface area contributed by atoms with Crippen LogP contribution in [0.25, 0.3) is 0 Å². The van der Waals surface area contributed by atoms with Crippen molar-refractivity contribution in [1.82, 2.24) is 5.32 Å². The molecule has 24 heavy (non-hydrogen) atoms. The fourth-order valence-electron chi connectivity index (χ4n) is 1.83. The Hall–Kier alpha value is -2.35. The van der Waals surface area contributed by atoms with Crippen LogP contribution in [0.15, 0.2) is 53.0 Å². The van der Waals surface area contributed by atoms with Gasteiger partial charge in [-0.3, -0.25) is 9.59 Å². The molecule has 0 unspecified atom stereocenters. The second kappa shape index (κ2) is 7.48. The summed E-state index contributed by atoms with van der Waals surface area (Å²) in [7, 11) is 0. The third-order valence-electron chi connectivity index (χ3n) is 3.04. The number of rotatable bonds is 4. The highest BCUT2D eigenvalue weighted by atomic mass is 79.9. The molecule has 0 aliphatic rings. The zero-order chi connectivity index (χ0) is 17.7. The SMILES string of the molecule is O=C(NCc1ccc(NC(=O)C(F)(F)F)cc1)c1ccccc1Br. The van der Waals surface area contributed by atoms with E-state index >= 15 is 0 Å². The molecule has 0 radical (unpaired) electrons. The molecule has 0 saturated carbocycles. The highest BCUT2D eigenvalue weighted by Gasteiger charge is 2.38. The molecule has 0 heterocycles. The van der Waals surface area contributed by atoms with Gasteiger partial charge in [0.05, 0.1) is 5.56 Å². The maximum atomic E-state index is 12.2. The summed E-state index contributed by atoms with van der Waals surface area (Å²) in [4.78, 5) is 22.9. The van der Waals surface area contributed by atoms with Crippen LogP contribution in [-0.2, 0) is 11.3 Å². The number of halogens is 4. The smallest absolute Gasteiger partial charge is 0.348 e. The molecule has 0 spiro atoms. The summed E-state index contributed by atoms with van der Waals surface area (Å²) in [6.07, 6.45) is -4.93. The zero-order valence-corrected chi connectivity index (χ0v) is 13.7. The van der Waals surface area contributed by atoms with Crippen molar-refractivity contribution in [3.05, 3.63) is 64.1 Å². The molecule has 0 aliphatic carbocycles. The maximum absolute atomic E-state index is 12.2. The molecular weight excluding hydrogens is 389 g/mol. The van der Waals surface area contributed by atoms with Gasteiger partial charge in [0.1, 0.15) is 0 Å². The molecule has 2 aromatic carbocycles. The van der Waals surface area contributed by atoms with Crippen molar-refractivity contribution in [2.24, 2.45) is 0 Å². The monoisotopic (exact) mass is 400 g/mol. The first-order valence-corrected chi connectivity index (χ1v) is 7.56. The summed E-state index contributed by atoms with van der Waals surface area (Å²) in [6, 6.07) is 12.6. The lowest BCUT2D eigenvalue weighted by Gasteiger charge is -2.09. The quantitative estimate of drug-likeness (QED) is 0.817. The maximum Gasteiger partial charge on any atom is 0.471 e. The predicted octanol–water partition coefficient (Wildman–Crippen LogP) is 3.88. The van der Waals surface area contributed by atoms with Crippen LogP contribution in [0.2, 0.25) is 0 Å². The van der Waals surface area contributed by atoms with E-state index in [1.165, 1.54) is 24.3 Å². The molecule has 0 fully saturated rings. The van der Waals surface area contributed by atoms with E-state index in [2.05, 4.69) is 21.2 Å². The normalized spacial score (nSPS) is 11.0. The fraction of sp³-hybridized carbons (Fsp3) is 0.125. The van der Waals surface area contributed by atoms with Crippen LogP contribution in [0.3, 0.4) is 0 Å². The van der Waals surface area contributed by atoms with E-state index in [1.807, 2.05) is 0 Å². The summed E-state index contributed by atoms with van der Waals surface area (Å²) in [5, 5.41) is 4.45. The Bertz CT molecular complexity index is 746. The van der Waals surface area contributed by atoms with Crippen molar-refractivity contribution in [2.45, 2.75) is 12.7 Å². The van der Waals surface area contributed by atoms with Crippen LogP contribution in [0, 0.1) is 0 Å². The number of hydrogen-bond acceptors (Lipinski definition) is 2. The van der Waals surface area contributed by atoms with Crippen LogP contribution in [-0.4, -0.2) is 18.0 Å². The Morgan fingerprint density at radius 3 is 2.21 bits per heavy atom. The summed E-state index contributed by atoms with van der Waals surface area (Å²) in [5.74, 6) is -2.31. The third-order valence-corrected chi connectivity index (χ3v) is 3.73. The molecule has 8 heteroatoms. The Morgan fingerprint density at radius 1 is 1.00 bits per heavy atom. The fourth-order valence-corrected chi connectivity index (χ4v) is 2.30. The Kier molecular flexibility index (Phi) is 5.61. The molecule has 0 saturated heterocycles. The van der Waals surface area contributed by atoms with Gasteiger partial charge in [0, 0.05) is 16.7 Å². The standard InChI is InChI=1S/C16H12BrF3N2O2/c17-13-4-2-1-3-12(13)14(23)21-9-10-5-7-11(8-6-10)22-15(24)16(18,19)20/h1-8H,9H2,(H,21,23)(H,22,24).